The average Bonchev–Trinajstić information content (AvgIpc) is 3.03. The van der Waals surface area contributed by atoms with Gasteiger partial charge in [0, 0.05) is 11.0 Å². The molecule has 2 heterocycles. The number of quaternary nitrogens is 1. The van der Waals surface area contributed by atoms with Gasteiger partial charge in [-0.2, -0.15) is 10.5 Å². The molecule has 1 N–H and O–H groups in total. The summed E-state index contributed by atoms with van der Waals surface area (Å²) in [6.07, 6.45) is 3.83. The molecule has 0 amide bonds. The van der Waals surface area contributed by atoms with Gasteiger partial charge in [-0.05, 0) is 29.3 Å². The summed E-state index contributed by atoms with van der Waals surface area (Å²) in [5.74, 6) is -1.26. The molecule has 2 aromatic carbocycles. The smallest absolute Gasteiger partial charge is 0.212 e. The fourth-order valence-electron chi connectivity index (χ4n) is 5.03. The minimum atomic E-state index is -1.52. The first kappa shape index (κ1) is 20.0. The first-order valence-electron chi connectivity index (χ1n) is 10.0. The van der Waals surface area contributed by atoms with Crippen LogP contribution in [0.3, 0.4) is 0 Å². The van der Waals surface area contributed by atoms with E-state index in [1.807, 2.05) is 57.3 Å². The molecule has 2 aliphatic heterocycles. The molecule has 0 radical (unpaired) electrons. The van der Waals surface area contributed by atoms with Crippen LogP contribution in [-0.4, -0.2) is 11.8 Å². The fraction of sp³-hybridized carbons (Fsp3) is 0.320. The Morgan fingerprint density at radius 1 is 1.10 bits per heavy atom. The van der Waals surface area contributed by atoms with Crippen molar-refractivity contribution in [1.29, 1.82) is 10.5 Å². The lowest BCUT2D eigenvalue weighted by Crippen LogP contribution is -3.12. The normalized spacial score (nSPS) is 26.2. The number of hydrogen-bond acceptors (Lipinski definition) is 3. The van der Waals surface area contributed by atoms with Crippen LogP contribution in [0.2, 0.25) is 0 Å². The maximum absolute atomic E-state index is 14.2. The van der Waals surface area contributed by atoms with E-state index < -0.39 is 34.6 Å². The number of nitriles is 2. The molecule has 0 aromatic heterocycles. The fourth-order valence-corrected chi connectivity index (χ4v) is 5.03. The molecular weight excluding hydrogens is 377 g/mol. The zero-order valence-corrected chi connectivity index (χ0v) is 17.2. The molecule has 4 atom stereocenters. The minimum Gasteiger partial charge on any atom is -0.292 e. The summed E-state index contributed by atoms with van der Waals surface area (Å²) in [4.78, 5) is 14.4. The summed E-state index contributed by atoms with van der Waals surface area (Å²) in [5, 5.41) is 20.7. The molecule has 150 valence electrons. The molecular formula is C25H23FN3O+. The number of Topliss-reactive ketones (excluding diaryl/α,β-unsaturated/α-hetero) is 1. The van der Waals surface area contributed by atoms with Crippen molar-refractivity contribution in [2.24, 2.45) is 10.8 Å². The average molecular weight is 400 g/mol. The van der Waals surface area contributed by atoms with E-state index in [0.717, 1.165) is 16.0 Å². The molecule has 5 heteroatoms. The SMILES string of the molecule is CC(C)(C)C(=O)[C@@H]1[C@@H](c2cccc(F)c2)C(C#N)(C#N)[C@H]2c3ccccc3C=C[NH+]12. The van der Waals surface area contributed by atoms with Gasteiger partial charge in [0.1, 0.15) is 5.82 Å². The first-order chi connectivity index (χ1) is 14.2. The van der Waals surface area contributed by atoms with Gasteiger partial charge >= 0.3 is 0 Å². The van der Waals surface area contributed by atoms with Crippen molar-refractivity contribution >= 4 is 11.9 Å². The summed E-state index contributed by atoms with van der Waals surface area (Å²) < 4.78 is 14.2. The number of ketones is 1. The van der Waals surface area contributed by atoms with Crippen LogP contribution in [0.1, 0.15) is 49.4 Å². The predicted octanol–water partition coefficient (Wildman–Crippen LogP) is 3.55. The highest BCUT2D eigenvalue weighted by Crippen LogP contribution is 2.52. The van der Waals surface area contributed by atoms with Crippen LogP contribution in [0, 0.1) is 39.3 Å². The Morgan fingerprint density at radius 2 is 1.80 bits per heavy atom. The number of nitrogens with zero attached hydrogens (tertiary/aromatic N) is 2. The van der Waals surface area contributed by atoms with Crippen LogP contribution in [0.25, 0.3) is 6.08 Å². The Kier molecular flexibility index (Phi) is 4.60. The zero-order chi connectivity index (χ0) is 21.7. The van der Waals surface area contributed by atoms with Crippen molar-refractivity contribution < 1.29 is 14.1 Å². The highest BCUT2D eigenvalue weighted by molar-refractivity contribution is 5.89. The quantitative estimate of drug-likeness (QED) is 0.838. The van der Waals surface area contributed by atoms with Crippen LogP contribution in [0.15, 0.2) is 54.7 Å². The van der Waals surface area contributed by atoms with Crippen LogP contribution in [0.4, 0.5) is 4.39 Å². The lowest BCUT2D eigenvalue weighted by molar-refractivity contribution is -0.885. The molecule has 0 bridgehead atoms. The Labute approximate surface area is 175 Å². The summed E-state index contributed by atoms with van der Waals surface area (Å²) in [6, 6.07) is 17.0. The number of hydrogen-bond donors (Lipinski definition) is 1. The summed E-state index contributed by atoms with van der Waals surface area (Å²) in [6.45, 7) is 5.52. The molecule has 4 nitrogen and oxygen atoms in total. The van der Waals surface area contributed by atoms with Crippen molar-refractivity contribution in [2.45, 2.75) is 38.8 Å². The molecule has 4 rings (SSSR count). The van der Waals surface area contributed by atoms with Gasteiger partial charge in [-0.25, -0.2) is 4.39 Å². The largest absolute Gasteiger partial charge is 0.292 e. The molecule has 2 aliphatic rings. The number of rotatable bonds is 2. The van der Waals surface area contributed by atoms with Gasteiger partial charge in [0.15, 0.2) is 17.9 Å². The summed E-state index contributed by atoms with van der Waals surface area (Å²) in [7, 11) is 0. The van der Waals surface area contributed by atoms with Gasteiger partial charge in [0.25, 0.3) is 0 Å². The van der Waals surface area contributed by atoms with Crippen molar-refractivity contribution in [3.63, 3.8) is 0 Å². The third kappa shape index (κ3) is 2.78. The van der Waals surface area contributed by atoms with E-state index in [0.29, 0.717) is 5.56 Å². The highest BCUT2D eigenvalue weighted by Gasteiger charge is 2.68. The van der Waals surface area contributed by atoms with E-state index in [2.05, 4.69) is 12.1 Å². The molecule has 0 aliphatic carbocycles. The Morgan fingerprint density at radius 3 is 2.43 bits per heavy atom. The predicted molar refractivity (Wildman–Crippen MR) is 110 cm³/mol. The van der Waals surface area contributed by atoms with Crippen molar-refractivity contribution in [2.75, 3.05) is 0 Å². The maximum Gasteiger partial charge on any atom is 0.212 e. The molecule has 1 fully saturated rings. The van der Waals surface area contributed by atoms with Crippen LogP contribution >= 0.6 is 0 Å². The van der Waals surface area contributed by atoms with Crippen LogP contribution < -0.4 is 4.90 Å². The highest BCUT2D eigenvalue weighted by atomic mass is 19.1. The Balaban J connectivity index is 2.03. The van der Waals surface area contributed by atoms with Crippen LogP contribution in [0.5, 0.6) is 0 Å². The van der Waals surface area contributed by atoms with Crippen LogP contribution in [-0.2, 0) is 4.79 Å². The Hall–Kier alpha value is -3.28. The topological polar surface area (TPSA) is 69.1 Å². The van der Waals surface area contributed by atoms with E-state index in [4.69, 9.17) is 0 Å². The van der Waals surface area contributed by atoms with E-state index in [9.17, 15) is 19.7 Å². The van der Waals surface area contributed by atoms with Crippen molar-refractivity contribution in [3.8, 4) is 12.1 Å². The van der Waals surface area contributed by atoms with Gasteiger partial charge in [0.05, 0.1) is 24.3 Å². The third-order valence-corrected chi connectivity index (χ3v) is 6.33. The van der Waals surface area contributed by atoms with Gasteiger partial charge in [-0.1, -0.05) is 57.2 Å². The molecule has 2 aromatic rings. The molecule has 0 saturated carbocycles. The van der Waals surface area contributed by atoms with E-state index in [1.54, 1.807) is 12.1 Å². The second-order valence-corrected chi connectivity index (χ2v) is 9.11. The van der Waals surface area contributed by atoms with Gasteiger partial charge in [-0.3, -0.25) is 9.69 Å². The monoisotopic (exact) mass is 400 g/mol. The van der Waals surface area contributed by atoms with E-state index in [1.165, 1.54) is 12.1 Å². The van der Waals surface area contributed by atoms with E-state index >= 15 is 0 Å². The third-order valence-electron chi connectivity index (χ3n) is 6.33. The summed E-state index contributed by atoms with van der Waals surface area (Å²) in [5.41, 5.74) is 0.106. The number of halogens is 1. The lowest BCUT2D eigenvalue weighted by atomic mass is 9.66. The molecule has 1 unspecified atom stereocenters. The molecule has 30 heavy (non-hydrogen) atoms. The number of carbonyl (C=O) groups is 1. The van der Waals surface area contributed by atoms with Crippen molar-refractivity contribution in [1.82, 2.24) is 0 Å². The minimum absolute atomic E-state index is 0.0480. The molecule has 0 spiro atoms. The second-order valence-electron chi connectivity index (χ2n) is 9.11. The standard InChI is InChI=1S/C25H22FN3O/c1-24(2,3)23(30)21-20(17-8-6-9-18(26)13-17)25(14-27,15-28)22-19-10-5-4-7-16(19)11-12-29(21)22/h4-13,20-22H,1-3H3/p+1/t20-,21+,22-/m1/s1. The second kappa shape index (κ2) is 6.90. The molecule has 1 saturated heterocycles. The number of nitrogens with one attached hydrogen (secondary N) is 1. The first-order valence-corrected chi connectivity index (χ1v) is 10.0. The Bertz CT molecular complexity index is 1120. The number of benzene rings is 2. The van der Waals surface area contributed by atoms with Crippen molar-refractivity contribution in [3.05, 3.63) is 77.2 Å². The van der Waals surface area contributed by atoms with Gasteiger partial charge in [0.2, 0.25) is 5.41 Å². The number of fused-ring (bicyclic) bond motifs is 3. The number of carbonyl (C=O) groups excluding carboxylic acids is 1. The zero-order valence-electron chi connectivity index (χ0n) is 17.2. The van der Waals surface area contributed by atoms with Gasteiger partial charge < -0.3 is 0 Å². The van der Waals surface area contributed by atoms with E-state index in [-0.39, 0.29) is 5.78 Å². The maximum atomic E-state index is 14.2. The summed E-state index contributed by atoms with van der Waals surface area (Å²) >= 11 is 0. The lowest BCUT2D eigenvalue weighted by Gasteiger charge is -2.31. The van der Waals surface area contributed by atoms with Gasteiger partial charge in [-0.15, -0.1) is 0 Å².